The van der Waals surface area contributed by atoms with Gasteiger partial charge in [-0.25, -0.2) is 9.18 Å². The van der Waals surface area contributed by atoms with E-state index in [9.17, 15) is 9.18 Å². The van der Waals surface area contributed by atoms with Crippen LogP contribution >= 0.6 is 0 Å². The summed E-state index contributed by atoms with van der Waals surface area (Å²) in [5, 5.41) is 8.89. The fraction of sp³-hybridized carbons (Fsp3) is 0.571. The van der Waals surface area contributed by atoms with Crippen LogP contribution in [0.15, 0.2) is 23.8 Å². The van der Waals surface area contributed by atoms with Crippen LogP contribution in [0.1, 0.15) is 44.7 Å². The van der Waals surface area contributed by atoms with E-state index in [2.05, 4.69) is 39.0 Å². The van der Waals surface area contributed by atoms with Gasteiger partial charge in [0, 0.05) is 19.6 Å². The minimum Gasteiger partial charge on any atom is -0.491 e. The number of benzene rings is 1. The Morgan fingerprint density at radius 2 is 2.19 bits per heavy atom. The van der Waals surface area contributed by atoms with Crippen molar-refractivity contribution in [1.29, 1.82) is 0 Å². The van der Waals surface area contributed by atoms with Crippen molar-refractivity contribution in [3.8, 4) is 5.75 Å². The first-order chi connectivity index (χ1) is 12.3. The van der Waals surface area contributed by atoms with Gasteiger partial charge in [0.15, 0.2) is 0 Å². The van der Waals surface area contributed by atoms with Gasteiger partial charge in [-0.15, -0.1) is 0 Å². The number of nitrogens with zero attached hydrogens (tertiary/aromatic N) is 1. The summed E-state index contributed by atoms with van der Waals surface area (Å²) in [7, 11) is 0. The smallest absolute Gasteiger partial charge is 0.344 e. The van der Waals surface area contributed by atoms with Crippen molar-refractivity contribution >= 4 is 12.0 Å². The van der Waals surface area contributed by atoms with Crippen molar-refractivity contribution in [1.82, 2.24) is 4.90 Å². The Morgan fingerprint density at radius 3 is 2.85 bits per heavy atom. The molecule has 1 aliphatic heterocycles. The summed E-state index contributed by atoms with van der Waals surface area (Å²) in [6, 6.07) is 6.23. The molecule has 0 aromatic heterocycles. The Bertz CT molecular complexity index is 709. The molecule has 1 fully saturated rings. The molecule has 1 aromatic carbocycles. The van der Waals surface area contributed by atoms with E-state index in [-0.39, 0.29) is 19.2 Å². The maximum atomic E-state index is 13.9. The molecule has 0 bridgehead atoms. The average molecular weight is 361 g/mol. The van der Waals surface area contributed by atoms with E-state index in [0.29, 0.717) is 12.5 Å². The molecule has 1 heterocycles. The van der Waals surface area contributed by atoms with Crippen molar-refractivity contribution in [3.63, 3.8) is 0 Å². The topological polar surface area (TPSA) is 49.8 Å². The second kappa shape index (κ2) is 7.39. The summed E-state index contributed by atoms with van der Waals surface area (Å²) in [5.74, 6) is -0.0833. The summed E-state index contributed by atoms with van der Waals surface area (Å²) < 4.78 is 19.9. The number of alkyl halides is 1. The van der Waals surface area contributed by atoms with Gasteiger partial charge in [0.05, 0.1) is 6.10 Å². The van der Waals surface area contributed by atoms with Gasteiger partial charge < -0.3 is 9.84 Å². The molecule has 0 radical (unpaired) electrons. The van der Waals surface area contributed by atoms with E-state index in [0.717, 1.165) is 25.0 Å². The Hall–Kier alpha value is -1.88. The summed E-state index contributed by atoms with van der Waals surface area (Å²) >= 11 is 0. The first-order valence-electron chi connectivity index (χ1n) is 9.45. The number of rotatable bonds is 7. The Balaban J connectivity index is 1.66. The molecule has 26 heavy (non-hydrogen) atoms. The molecule has 3 rings (SSSR count). The van der Waals surface area contributed by atoms with Gasteiger partial charge in [-0.1, -0.05) is 38.0 Å². The van der Waals surface area contributed by atoms with E-state index in [1.54, 1.807) is 0 Å². The number of carbonyl (C=O) groups is 1. The van der Waals surface area contributed by atoms with Crippen LogP contribution in [0, 0.1) is 5.92 Å². The Kier molecular flexibility index (Phi) is 5.37. The van der Waals surface area contributed by atoms with Crippen LogP contribution in [0.2, 0.25) is 0 Å². The molecule has 2 aliphatic rings. The molecule has 0 spiro atoms. The number of ether oxygens (including phenoxy) is 1. The van der Waals surface area contributed by atoms with Gasteiger partial charge in [0.2, 0.25) is 5.67 Å². The van der Waals surface area contributed by atoms with Crippen molar-refractivity contribution in [2.75, 3.05) is 19.6 Å². The molecule has 4 nitrogen and oxygen atoms in total. The third kappa shape index (κ3) is 3.93. The molecule has 0 amide bonds. The lowest BCUT2D eigenvalue weighted by atomic mass is 9.83. The van der Waals surface area contributed by atoms with Gasteiger partial charge >= 0.3 is 5.97 Å². The number of fused-ring (bicyclic) bond motifs is 1. The van der Waals surface area contributed by atoms with Crippen LogP contribution in [0.3, 0.4) is 0 Å². The van der Waals surface area contributed by atoms with Gasteiger partial charge in [-0.2, -0.15) is 0 Å². The van der Waals surface area contributed by atoms with E-state index in [1.165, 1.54) is 16.7 Å². The SMILES string of the molecule is CCC[C@H](C)Oc1ccc2c(c1)C[C@@H](C)C(CN1CC(F)(C(=O)O)C1)=C2. The maximum Gasteiger partial charge on any atom is 0.344 e. The average Bonchev–Trinajstić information content (AvgIpc) is 2.54. The highest BCUT2D eigenvalue weighted by Crippen LogP contribution is 2.34. The molecule has 142 valence electrons. The summed E-state index contributed by atoms with van der Waals surface area (Å²) in [5.41, 5.74) is 1.62. The van der Waals surface area contributed by atoms with Crippen molar-refractivity contribution in [2.45, 2.75) is 51.8 Å². The zero-order valence-corrected chi connectivity index (χ0v) is 15.8. The number of carboxylic acid groups (broad SMARTS) is 1. The second-order valence-corrected chi connectivity index (χ2v) is 7.82. The molecule has 1 saturated heterocycles. The first kappa shape index (κ1) is 18.9. The van der Waals surface area contributed by atoms with Crippen molar-refractivity contribution in [2.24, 2.45) is 5.92 Å². The minimum absolute atomic E-state index is 0.0264. The third-order valence-corrected chi connectivity index (χ3v) is 5.38. The number of aliphatic carboxylic acids is 1. The van der Waals surface area contributed by atoms with E-state index in [1.807, 2.05) is 11.0 Å². The van der Waals surface area contributed by atoms with Crippen LogP contribution in [-0.2, 0) is 11.2 Å². The van der Waals surface area contributed by atoms with Crippen LogP contribution < -0.4 is 4.74 Å². The van der Waals surface area contributed by atoms with E-state index >= 15 is 0 Å². The highest BCUT2D eigenvalue weighted by atomic mass is 19.1. The van der Waals surface area contributed by atoms with Gasteiger partial charge in [0.25, 0.3) is 0 Å². The third-order valence-electron chi connectivity index (χ3n) is 5.38. The van der Waals surface area contributed by atoms with E-state index < -0.39 is 11.6 Å². The summed E-state index contributed by atoms with van der Waals surface area (Å²) in [4.78, 5) is 12.8. The zero-order valence-electron chi connectivity index (χ0n) is 15.8. The fourth-order valence-corrected chi connectivity index (χ4v) is 3.84. The first-order valence-corrected chi connectivity index (χ1v) is 9.45. The van der Waals surface area contributed by atoms with Gasteiger partial charge in [-0.3, -0.25) is 4.90 Å². The number of hydrogen-bond acceptors (Lipinski definition) is 3. The number of halogens is 1. The predicted octanol–water partition coefficient (Wildman–Crippen LogP) is 3.94. The zero-order chi connectivity index (χ0) is 18.9. The summed E-state index contributed by atoms with van der Waals surface area (Å²) in [6.07, 6.45) is 5.45. The highest BCUT2D eigenvalue weighted by molar-refractivity contribution is 5.79. The monoisotopic (exact) mass is 361 g/mol. The second-order valence-electron chi connectivity index (χ2n) is 7.82. The van der Waals surface area contributed by atoms with Crippen molar-refractivity contribution < 1.29 is 19.0 Å². The normalized spacial score (nSPS) is 22.8. The highest BCUT2D eigenvalue weighted by Gasteiger charge is 2.50. The standard InChI is InChI=1S/C21H28FNO3/c1-4-5-15(3)26-19-7-6-16-9-18(14(2)8-17(16)10-19)11-23-12-21(22,13-23)20(24)25/h6-7,9-10,14-15H,4-5,8,11-13H2,1-3H3,(H,24,25)/t14-,15+/m1/s1. The Labute approximate surface area is 154 Å². The molecule has 0 unspecified atom stereocenters. The maximum absolute atomic E-state index is 13.9. The number of hydrogen-bond donors (Lipinski definition) is 1. The van der Waals surface area contributed by atoms with Gasteiger partial charge in [0.1, 0.15) is 5.75 Å². The lowest BCUT2D eigenvalue weighted by Crippen LogP contribution is -2.63. The van der Waals surface area contributed by atoms with Crippen LogP contribution in [-0.4, -0.2) is 47.4 Å². The molecule has 1 aliphatic carbocycles. The quantitative estimate of drug-likeness (QED) is 0.799. The van der Waals surface area contributed by atoms with Crippen LogP contribution in [0.4, 0.5) is 4.39 Å². The molecule has 1 aromatic rings. The number of carboxylic acids is 1. The predicted molar refractivity (Wildman–Crippen MR) is 100 cm³/mol. The molecule has 5 heteroatoms. The van der Waals surface area contributed by atoms with Crippen LogP contribution in [0.5, 0.6) is 5.75 Å². The molecule has 0 saturated carbocycles. The number of likely N-dealkylation sites (tertiary alicyclic amines) is 1. The van der Waals surface area contributed by atoms with Gasteiger partial charge in [-0.05, 0) is 48.9 Å². The largest absolute Gasteiger partial charge is 0.491 e. The molecular formula is C21H28FNO3. The minimum atomic E-state index is -2.07. The van der Waals surface area contributed by atoms with E-state index in [4.69, 9.17) is 9.84 Å². The lowest BCUT2D eigenvalue weighted by Gasteiger charge is -2.42. The molecule has 1 N–H and O–H groups in total. The summed E-state index contributed by atoms with van der Waals surface area (Å²) in [6.45, 7) is 7.00. The lowest BCUT2D eigenvalue weighted by molar-refractivity contribution is -0.163. The Morgan fingerprint density at radius 1 is 1.46 bits per heavy atom. The fourth-order valence-electron chi connectivity index (χ4n) is 3.84. The molecule has 2 atom stereocenters. The molecular weight excluding hydrogens is 333 g/mol. The van der Waals surface area contributed by atoms with Crippen molar-refractivity contribution in [3.05, 3.63) is 34.9 Å². The van der Waals surface area contributed by atoms with Crippen LogP contribution in [0.25, 0.3) is 6.08 Å².